The molecule has 0 spiro atoms. The van der Waals surface area contributed by atoms with Gasteiger partial charge in [0.05, 0.1) is 6.10 Å². The van der Waals surface area contributed by atoms with Gasteiger partial charge in [-0.15, -0.1) is 0 Å². The van der Waals surface area contributed by atoms with Crippen molar-refractivity contribution in [2.24, 2.45) is 5.92 Å². The fraction of sp³-hybridized carbons (Fsp3) is 0.684. The van der Waals surface area contributed by atoms with E-state index < -0.39 is 0 Å². The fourth-order valence-electron chi connectivity index (χ4n) is 3.46. The summed E-state index contributed by atoms with van der Waals surface area (Å²) in [5.41, 5.74) is 1.35. The van der Waals surface area contributed by atoms with Gasteiger partial charge in [-0.25, -0.2) is 0 Å². The van der Waals surface area contributed by atoms with Crippen LogP contribution in [0.5, 0.6) is 5.75 Å². The normalized spacial score (nSPS) is 23.8. The molecular formula is C19H31NO. The average molecular weight is 289 g/mol. The van der Waals surface area contributed by atoms with Crippen LogP contribution in [0.15, 0.2) is 24.3 Å². The Balaban J connectivity index is 2.00. The molecule has 1 aromatic carbocycles. The molecule has 1 aliphatic carbocycles. The molecule has 1 fully saturated rings. The van der Waals surface area contributed by atoms with Gasteiger partial charge in [0, 0.05) is 6.04 Å². The van der Waals surface area contributed by atoms with Gasteiger partial charge in [0.1, 0.15) is 5.75 Å². The molecule has 0 heterocycles. The van der Waals surface area contributed by atoms with E-state index in [9.17, 15) is 0 Å². The van der Waals surface area contributed by atoms with E-state index in [1.807, 2.05) is 0 Å². The van der Waals surface area contributed by atoms with E-state index in [1.165, 1.54) is 37.7 Å². The molecule has 1 aliphatic rings. The smallest absolute Gasteiger partial charge is 0.120 e. The van der Waals surface area contributed by atoms with Crippen LogP contribution in [0.4, 0.5) is 0 Å². The number of hydrogen-bond acceptors (Lipinski definition) is 2. The summed E-state index contributed by atoms with van der Waals surface area (Å²) in [5, 5.41) is 3.54. The van der Waals surface area contributed by atoms with Gasteiger partial charge in [-0.2, -0.15) is 0 Å². The summed E-state index contributed by atoms with van der Waals surface area (Å²) in [6.45, 7) is 7.70. The summed E-state index contributed by atoms with van der Waals surface area (Å²) in [7, 11) is 0. The highest BCUT2D eigenvalue weighted by atomic mass is 16.5. The lowest BCUT2D eigenvalue weighted by Gasteiger charge is -2.29. The Kier molecular flexibility index (Phi) is 6.56. The van der Waals surface area contributed by atoms with Crippen LogP contribution < -0.4 is 10.1 Å². The van der Waals surface area contributed by atoms with E-state index >= 15 is 0 Å². The molecule has 2 rings (SSSR count). The van der Waals surface area contributed by atoms with Crippen LogP contribution in [0.1, 0.15) is 70.9 Å². The number of benzene rings is 1. The Hall–Kier alpha value is -1.02. The molecule has 0 amide bonds. The van der Waals surface area contributed by atoms with Crippen LogP contribution in [-0.4, -0.2) is 12.6 Å². The summed E-state index contributed by atoms with van der Waals surface area (Å²) >= 11 is 0. The molecule has 2 nitrogen and oxygen atoms in total. The number of nitrogens with one attached hydrogen (secondary N) is 1. The van der Waals surface area contributed by atoms with Crippen molar-refractivity contribution < 1.29 is 4.74 Å². The van der Waals surface area contributed by atoms with Crippen molar-refractivity contribution in [2.45, 2.75) is 71.4 Å². The summed E-state index contributed by atoms with van der Waals surface area (Å²) in [4.78, 5) is 0. The summed E-state index contributed by atoms with van der Waals surface area (Å²) in [5.74, 6) is 1.91. The standard InChI is InChI=1S/C19H31NO/c1-4-15-9-7-11-17(13-15)21-18-12-8-10-16(14-18)19(5-2)20-6-3/h8,10,12,14-15,17,19-20H,4-7,9,11,13H2,1-3H3. The highest BCUT2D eigenvalue weighted by Gasteiger charge is 2.22. The molecule has 118 valence electrons. The van der Waals surface area contributed by atoms with Crippen molar-refractivity contribution in [3.63, 3.8) is 0 Å². The van der Waals surface area contributed by atoms with Gasteiger partial charge in [0.25, 0.3) is 0 Å². The first kappa shape index (κ1) is 16.4. The minimum atomic E-state index is 0.415. The van der Waals surface area contributed by atoms with Crippen LogP contribution in [-0.2, 0) is 0 Å². The molecule has 0 radical (unpaired) electrons. The van der Waals surface area contributed by atoms with Gasteiger partial charge in [-0.1, -0.05) is 45.7 Å². The van der Waals surface area contributed by atoms with E-state index in [4.69, 9.17) is 4.74 Å². The van der Waals surface area contributed by atoms with Gasteiger partial charge in [-0.05, 0) is 55.8 Å². The highest BCUT2D eigenvalue weighted by Crippen LogP contribution is 2.30. The minimum absolute atomic E-state index is 0.415. The highest BCUT2D eigenvalue weighted by molar-refractivity contribution is 5.30. The zero-order valence-corrected chi connectivity index (χ0v) is 13.9. The number of hydrogen-bond donors (Lipinski definition) is 1. The molecule has 0 aliphatic heterocycles. The van der Waals surface area contributed by atoms with Gasteiger partial charge < -0.3 is 10.1 Å². The van der Waals surface area contributed by atoms with Crippen LogP contribution >= 0.6 is 0 Å². The van der Waals surface area contributed by atoms with Crippen LogP contribution in [0.3, 0.4) is 0 Å². The third-order valence-electron chi connectivity index (χ3n) is 4.73. The lowest BCUT2D eigenvalue weighted by Crippen LogP contribution is -2.25. The second kappa shape index (κ2) is 8.43. The quantitative estimate of drug-likeness (QED) is 0.754. The van der Waals surface area contributed by atoms with E-state index in [1.54, 1.807) is 0 Å². The lowest BCUT2D eigenvalue weighted by molar-refractivity contribution is 0.122. The van der Waals surface area contributed by atoms with Crippen molar-refractivity contribution >= 4 is 0 Å². The van der Waals surface area contributed by atoms with Crippen LogP contribution in [0.2, 0.25) is 0 Å². The van der Waals surface area contributed by atoms with E-state index in [2.05, 4.69) is 50.4 Å². The maximum atomic E-state index is 6.27. The van der Waals surface area contributed by atoms with Crippen molar-refractivity contribution in [1.29, 1.82) is 0 Å². The summed E-state index contributed by atoms with van der Waals surface area (Å²) in [6, 6.07) is 9.11. The average Bonchev–Trinajstić information content (AvgIpc) is 2.53. The topological polar surface area (TPSA) is 21.3 Å². The van der Waals surface area contributed by atoms with Crippen molar-refractivity contribution in [2.75, 3.05) is 6.54 Å². The fourth-order valence-corrected chi connectivity index (χ4v) is 3.46. The molecule has 21 heavy (non-hydrogen) atoms. The Morgan fingerprint density at radius 3 is 2.81 bits per heavy atom. The molecule has 1 N–H and O–H groups in total. The van der Waals surface area contributed by atoms with Crippen molar-refractivity contribution in [3.05, 3.63) is 29.8 Å². The van der Waals surface area contributed by atoms with Gasteiger partial charge in [-0.3, -0.25) is 0 Å². The zero-order valence-electron chi connectivity index (χ0n) is 13.9. The van der Waals surface area contributed by atoms with Gasteiger partial charge >= 0.3 is 0 Å². The minimum Gasteiger partial charge on any atom is -0.490 e. The summed E-state index contributed by atoms with van der Waals surface area (Å²) in [6.07, 6.45) is 7.96. The molecule has 0 bridgehead atoms. The van der Waals surface area contributed by atoms with E-state index in [0.29, 0.717) is 12.1 Å². The maximum Gasteiger partial charge on any atom is 0.120 e. The maximum absolute atomic E-state index is 6.27. The van der Waals surface area contributed by atoms with Crippen molar-refractivity contribution in [3.8, 4) is 5.75 Å². The van der Waals surface area contributed by atoms with Gasteiger partial charge in [0.2, 0.25) is 0 Å². The van der Waals surface area contributed by atoms with Gasteiger partial charge in [0.15, 0.2) is 0 Å². The largest absolute Gasteiger partial charge is 0.490 e. The van der Waals surface area contributed by atoms with Crippen LogP contribution in [0.25, 0.3) is 0 Å². The third-order valence-corrected chi connectivity index (χ3v) is 4.73. The second-order valence-electron chi connectivity index (χ2n) is 6.27. The summed E-state index contributed by atoms with van der Waals surface area (Å²) < 4.78 is 6.27. The predicted molar refractivity (Wildman–Crippen MR) is 89.8 cm³/mol. The molecule has 2 heteroatoms. The molecule has 0 saturated heterocycles. The molecular weight excluding hydrogens is 258 g/mol. The first-order valence-corrected chi connectivity index (χ1v) is 8.76. The molecule has 1 aromatic rings. The van der Waals surface area contributed by atoms with Crippen LogP contribution in [0, 0.1) is 5.92 Å². The first-order chi connectivity index (χ1) is 10.3. The number of rotatable bonds is 7. The second-order valence-corrected chi connectivity index (χ2v) is 6.27. The molecule has 1 saturated carbocycles. The molecule has 3 atom stereocenters. The van der Waals surface area contributed by atoms with E-state index in [-0.39, 0.29) is 0 Å². The Morgan fingerprint density at radius 1 is 1.24 bits per heavy atom. The van der Waals surface area contributed by atoms with Crippen molar-refractivity contribution in [1.82, 2.24) is 5.32 Å². The molecule has 3 unspecified atom stereocenters. The molecule has 0 aromatic heterocycles. The lowest BCUT2D eigenvalue weighted by atomic mass is 9.85. The van der Waals surface area contributed by atoms with E-state index in [0.717, 1.165) is 24.6 Å². The monoisotopic (exact) mass is 289 g/mol. The Labute approximate surface area is 130 Å². The Bertz CT molecular complexity index is 418. The third kappa shape index (κ3) is 4.74. The predicted octanol–water partition coefficient (Wildman–Crippen LogP) is 5.09. The SMILES string of the molecule is CCNC(CC)c1cccc(OC2CCCC(CC)C2)c1. The Morgan fingerprint density at radius 2 is 2.10 bits per heavy atom. The number of ether oxygens (including phenoxy) is 1. The zero-order chi connectivity index (χ0) is 15.1. The first-order valence-electron chi connectivity index (χ1n) is 8.76.